The number of alkyl halides is 3. The lowest BCUT2D eigenvalue weighted by Gasteiger charge is -2.11. The molecule has 0 atom stereocenters. The second-order valence-corrected chi connectivity index (χ2v) is 6.07. The Balaban J connectivity index is 2.06. The van der Waals surface area contributed by atoms with Crippen LogP contribution in [0.25, 0.3) is 0 Å². The van der Waals surface area contributed by atoms with Crippen molar-refractivity contribution in [2.24, 2.45) is 5.92 Å². The third kappa shape index (κ3) is 5.77. The fraction of sp³-hybridized carbons (Fsp3) is 0.333. The lowest BCUT2D eigenvalue weighted by molar-refractivity contribution is -0.137. The normalized spacial score (nSPS) is 11.4. The minimum Gasteiger partial charge on any atom is -0.385 e. The lowest BCUT2D eigenvalue weighted by Crippen LogP contribution is -2.15. The van der Waals surface area contributed by atoms with E-state index < -0.39 is 17.6 Å². The Labute approximate surface area is 144 Å². The minimum absolute atomic E-state index is 0.0693. The van der Waals surface area contributed by atoms with E-state index in [9.17, 15) is 18.0 Å². The quantitative estimate of drug-likeness (QED) is 0.785. The molecule has 0 saturated heterocycles. The average molecular weight is 351 g/mol. The van der Waals surface area contributed by atoms with Gasteiger partial charge in [-0.25, -0.2) is 0 Å². The van der Waals surface area contributed by atoms with Gasteiger partial charge in [0.15, 0.2) is 0 Å². The predicted molar refractivity (Wildman–Crippen MR) is 91.6 cm³/mol. The molecule has 0 saturated carbocycles. The van der Waals surface area contributed by atoms with Crippen molar-refractivity contribution in [3.63, 3.8) is 0 Å². The highest BCUT2D eigenvalue weighted by Crippen LogP contribution is 2.30. The molecule has 0 fully saturated rings. The fourth-order valence-electron chi connectivity index (χ4n) is 2.14. The van der Waals surface area contributed by atoms with Crippen LogP contribution in [0.2, 0.25) is 0 Å². The zero-order valence-electron chi connectivity index (χ0n) is 14.0. The zero-order valence-corrected chi connectivity index (χ0v) is 14.0. The number of carbonyl (C=O) groups excluding carboxylic acids is 1. The van der Waals surface area contributed by atoms with Gasteiger partial charge in [0, 0.05) is 24.1 Å². The van der Waals surface area contributed by atoms with Crippen LogP contribution in [0.5, 0.6) is 0 Å². The van der Waals surface area contributed by atoms with Crippen LogP contribution in [-0.2, 0) is 6.18 Å². The van der Waals surface area contributed by atoms with Gasteiger partial charge in [0.1, 0.15) is 5.69 Å². The maximum absolute atomic E-state index is 12.7. The van der Waals surface area contributed by atoms with Gasteiger partial charge in [-0.15, -0.1) is 0 Å². The molecule has 2 aromatic rings. The lowest BCUT2D eigenvalue weighted by atomic mass is 10.1. The van der Waals surface area contributed by atoms with Crippen LogP contribution in [-0.4, -0.2) is 17.4 Å². The summed E-state index contributed by atoms with van der Waals surface area (Å²) in [7, 11) is 0. The summed E-state index contributed by atoms with van der Waals surface area (Å²) in [6.45, 7) is 4.99. The number of pyridine rings is 1. The molecule has 4 nitrogen and oxygen atoms in total. The van der Waals surface area contributed by atoms with E-state index in [1.165, 1.54) is 18.3 Å². The van der Waals surface area contributed by atoms with E-state index >= 15 is 0 Å². The smallest absolute Gasteiger partial charge is 0.385 e. The van der Waals surface area contributed by atoms with Crippen molar-refractivity contribution < 1.29 is 18.0 Å². The van der Waals surface area contributed by atoms with Gasteiger partial charge in [-0.05, 0) is 42.7 Å². The number of anilines is 2. The van der Waals surface area contributed by atoms with E-state index in [2.05, 4.69) is 29.5 Å². The molecule has 0 radical (unpaired) electrons. The topological polar surface area (TPSA) is 54.0 Å². The SMILES string of the molecule is CC(C)CCNc1ccnc(C(=O)Nc2cccc(C(F)(F)F)c2)c1. The van der Waals surface area contributed by atoms with Crippen LogP contribution < -0.4 is 10.6 Å². The van der Waals surface area contributed by atoms with E-state index in [-0.39, 0.29) is 11.4 Å². The summed E-state index contributed by atoms with van der Waals surface area (Å²) < 4.78 is 38.2. The molecule has 0 spiro atoms. The Kier molecular flexibility index (Phi) is 6.01. The van der Waals surface area contributed by atoms with E-state index in [4.69, 9.17) is 0 Å². The van der Waals surface area contributed by atoms with Gasteiger partial charge in [0.25, 0.3) is 5.91 Å². The number of hydrogen-bond donors (Lipinski definition) is 2. The molecule has 0 aliphatic rings. The van der Waals surface area contributed by atoms with Crippen molar-refractivity contribution >= 4 is 17.3 Å². The second kappa shape index (κ2) is 8.00. The van der Waals surface area contributed by atoms with Gasteiger partial charge in [-0.2, -0.15) is 13.2 Å². The Morgan fingerprint density at radius 1 is 1.16 bits per heavy atom. The standard InChI is InChI=1S/C18H20F3N3O/c1-12(2)6-8-22-14-7-9-23-16(11-14)17(25)24-15-5-3-4-13(10-15)18(19,20)21/h3-5,7,9-12H,6,8H2,1-2H3,(H,22,23)(H,24,25). The summed E-state index contributed by atoms with van der Waals surface area (Å²) in [5.41, 5.74) is 0.124. The van der Waals surface area contributed by atoms with Crippen LogP contribution in [0.1, 0.15) is 36.3 Å². The molecule has 7 heteroatoms. The molecule has 1 aromatic heterocycles. The summed E-state index contributed by atoms with van der Waals surface area (Å²) in [5, 5.41) is 5.64. The van der Waals surface area contributed by atoms with Crippen molar-refractivity contribution in [1.29, 1.82) is 0 Å². The van der Waals surface area contributed by atoms with E-state index in [0.717, 1.165) is 30.8 Å². The van der Waals surface area contributed by atoms with E-state index in [1.807, 2.05) is 0 Å². The fourth-order valence-corrected chi connectivity index (χ4v) is 2.14. The number of halogens is 3. The second-order valence-electron chi connectivity index (χ2n) is 6.07. The van der Waals surface area contributed by atoms with Crippen LogP contribution in [0.3, 0.4) is 0 Å². The molecular weight excluding hydrogens is 331 g/mol. The first kappa shape index (κ1) is 18.8. The average Bonchev–Trinajstić information content (AvgIpc) is 2.54. The molecule has 2 rings (SSSR count). The molecular formula is C18H20F3N3O. The maximum Gasteiger partial charge on any atom is 0.416 e. The maximum atomic E-state index is 12.7. The molecule has 134 valence electrons. The molecule has 25 heavy (non-hydrogen) atoms. The summed E-state index contributed by atoms with van der Waals surface area (Å²) >= 11 is 0. The molecule has 1 amide bonds. The van der Waals surface area contributed by atoms with Crippen molar-refractivity contribution in [1.82, 2.24) is 4.98 Å². The number of hydrogen-bond acceptors (Lipinski definition) is 3. The van der Waals surface area contributed by atoms with E-state index in [1.54, 1.807) is 12.1 Å². The van der Waals surface area contributed by atoms with Gasteiger partial charge in [0.2, 0.25) is 0 Å². The Bertz CT molecular complexity index is 730. The van der Waals surface area contributed by atoms with Gasteiger partial charge in [0.05, 0.1) is 5.56 Å². The molecule has 0 aliphatic heterocycles. The number of carbonyl (C=O) groups is 1. The van der Waals surface area contributed by atoms with Crippen molar-refractivity contribution in [3.05, 3.63) is 53.9 Å². The third-order valence-electron chi connectivity index (χ3n) is 3.49. The molecule has 0 bridgehead atoms. The minimum atomic E-state index is -4.46. The summed E-state index contributed by atoms with van der Waals surface area (Å²) in [6, 6.07) is 7.80. The Hall–Kier alpha value is -2.57. The Morgan fingerprint density at radius 3 is 2.60 bits per heavy atom. The van der Waals surface area contributed by atoms with Gasteiger partial charge in [-0.3, -0.25) is 9.78 Å². The summed E-state index contributed by atoms with van der Waals surface area (Å²) in [6.07, 6.45) is -1.99. The van der Waals surface area contributed by atoms with Crippen molar-refractivity contribution in [2.75, 3.05) is 17.2 Å². The highest BCUT2D eigenvalue weighted by atomic mass is 19.4. The van der Waals surface area contributed by atoms with Crippen LogP contribution in [0.15, 0.2) is 42.6 Å². The number of rotatable bonds is 6. The first-order valence-electron chi connectivity index (χ1n) is 7.94. The highest BCUT2D eigenvalue weighted by molar-refractivity contribution is 6.03. The number of nitrogens with one attached hydrogen (secondary N) is 2. The molecule has 2 N–H and O–H groups in total. The van der Waals surface area contributed by atoms with Gasteiger partial charge < -0.3 is 10.6 Å². The van der Waals surface area contributed by atoms with Crippen molar-refractivity contribution in [2.45, 2.75) is 26.4 Å². The molecule has 0 unspecified atom stereocenters. The monoisotopic (exact) mass is 351 g/mol. The first-order chi connectivity index (χ1) is 11.8. The van der Waals surface area contributed by atoms with Crippen LogP contribution >= 0.6 is 0 Å². The number of amides is 1. The highest BCUT2D eigenvalue weighted by Gasteiger charge is 2.30. The van der Waals surface area contributed by atoms with E-state index in [0.29, 0.717) is 5.92 Å². The summed E-state index contributed by atoms with van der Waals surface area (Å²) in [5.74, 6) is -0.00940. The zero-order chi connectivity index (χ0) is 18.4. The van der Waals surface area contributed by atoms with Gasteiger partial charge in [-0.1, -0.05) is 19.9 Å². The molecule has 1 heterocycles. The summed E-state index contributed by atoms with van der Waals surface area (Å²) in [4.78, 5) is 16.2. The molecule has 1 aromatic carbocycles. The van der Waals surface area contributed by atoms with Crippen LogP contribution in [0, 0.1) is 5.92 Å². The number of aromatic nitrogens is 1. The van der Waals surface area contributed by atoms with Gasteiger partial charge >= 0.3 is 6.18 Å². The van der Waals surface area contributed by atoms with Crippen LogP contribution in [0.4, 0.5) is 24.5 Å². The predicted octanol–water partition coefficient (Wildman–Crippen LogP) is 4.81. The number of benzene rings is 1. The number of nitrogens with zero attached hydrogens (tertiary/aromatic N) is 1. The Morgan fingerprint density at radius 2 is 1.92 bits per heavy atom. The van der Waals surface area contributed by atoms with Crippen molar-refractivity contribution in [3.8, 4) is 0 Å². The largest absolute Gasteiger partial charge is 0.416 e. The molecule has 0 aliphatic carbocycles. The third-order valence-corrected chi connectivity index (χ3v) is 3.49. The first-order valence-corrected chi connectivity index (χ1v) is 7.94.